The van der Waals surface area contributed by atoms with Crippen molar-refractivity contribution < 1.29 is 18.3 Å². The highest BCUT2D eigenvalue weighted by Crippen LogP contribution is 2.28. The van der Waals surface area contributed by atoms with Crippen molar-refractivity contribution in [2.24, 2.45) is 0 Å². The molecule has 29 heavy (non-hydrogen) atoms. The van der Waals surface area contributed by atoms with Crippen LogP contribution in [0, 0.1) is 11.6 Å². The van der Waals surface area contributed by atoms with Crippen molar-refractivity contribution in [2.45, 2.75) is 30.8 Å². The zero-order valence-electron chi connectivity index (χ0n) is 16.1. The second-order valence-corrected chi connectivity index (χ2v) is 7.46. The Kier molecular flexibility index (Phi) is 6.48. The van der Waals surface area contributed by atoms with Crippen molar-refractivity contribution >= 4 is 23.4 Å². The van der Waals surface area contributed by atoms with Crippen LogP contribution in [0.15, 0.2) is 47.6 Å². The maximum absolute atomic E-state index is 13.8. The smallest absolute Gasteiger partial charge is 0.237 e. The molecule has 0 bridgehead atoms. The van der Waals surface area contributed by atoms with E-state index in [9.17, 15) is 13.6 Å². The number of rotatable bonds is 7. The first-order valence-electron chi connectivity index (χ1n) is 8.93. The van der Waals surface area contributed by atoms with Crippen LogP contribution in [0.3, 0.4) is 0 Å². The lowest BCUT2D eigenvalue weighted by Gasteiger charge is -2.13. The number of benzene rings is 2. The predicted octanol–water partition coefficient (Wildman–Crippen LogP) is 4.37. The molecule has 0 radical (unpaired) electrons. The monoisotopic (exact) mass is 418 g/mol. The second-order valence-electron chi connectivity index (χ2n) is 6.15. The molecule has 0 spiro atoms. The van der Waals surface area contributed by atoms with Crippen molar-refractivity contribution in [2.75, 3.05) is 12.4 Å². The first-order valence-corrected chi connectivity index (χ1v) is 9.81. The Morgan fingerprint density at radius 2 is 1.93 bits per heavy atom. The molecule has 1 atom stereocenters. The summed E-state index contributed by atoms with van der Waals surface area (Å²) >= 11 is 1.19. The summed E-state index contributed by atoms with van der Waals surface area (Å²) in [5.41, 5.74) is 0.671. The van der Waals surface area contributed by atoms with Gasteiger partial charge in [0.15, 0.2) is 11.0 Å². The Labute approximate surface area is 171 Å². The Bertz CT molecular complexity index is 1010. The summed E-state index contributed by atoms with van der Waals surface area (Å²) in [5.74, 6) is -0.384. The molecule has 0 saturated carbocycles. The number of nitrogens with one attached hydrogen (secondary N) is 1. The van der Waals surface area contributed by atoms with E-state index in [2.05, 4.69) is 15.5 Å². The quantitative estimate of drug-likeness (QED) is 0.577. The van der Waals surface area contributed by atoms with E-state index < -0.39 is 22.8 Å². The highest BCUT2D eigenvalue weighted by atomic mass is 32.2. The average molecular weight is 418 g/mol. The van der Waals surface area contributed by atoms with Gasteiger partial charge in [0, 0.05) is 18.2 Å². The minimum atomic E-state index is -0.699. The van der Waals surface area contributed by atoms with E-state index in [0.29, 0.717) is 17.5 Å². The van der Waals surface area contributed by atoms with Crippen LogP contribution in [0.5, 0.6) is 5.75 Å². The normalized spacial score (nSPS) is 11.9. The lowest BCUT2D eigenvalue weighted by atomic mass is 10.2. The van der Waals surface area contributed by atoms with Gasteiger partial charge in [0.25, 0.3) is 0 Å². The number of halogens is 2. The molecule has 1 N–H and O–H groups in total. The van der Waals surface area contributed by atoms with Crippen LogP contribution in [0.4, 0.5) is 14.5 Å². The molecule has 152 valence electrons. The maximum Gasteiger partial charge on any atom is 0.237 e. The number of anilines is 1. The van der Waals surface area contributed by atoms with E-state index >= 15 is 0 Å². The third-order valence-corrected chi connectivity index (χ3v) is 5.30. The molecule has 1 aromatic heterocycles. The second kappa shape index (κ2) is 9.04. The first kappa shape index (κ1) is 20.8. The Morgan fingerprint density at radius 3 is 2.59 bits per heavy atom. The number of ether oxygens (including phenoxy) is 1. The van der Waals surface area contributed by atoms with Gasteiger partial charge in [0.1, 0.15) is 17.4 Å². The van der Waals surface area contributed by atoms with Gasteiger partial charge in [-0.25, -0.2) is 8.78 Å². The molecule has 0 unspecified atom stereocenters. The van der Waals surface area contributed by atoms with E-state index in [1.807, 2.05) is 35.8 Å². The van der Waals surface area contributed by atoms with Crippen LogP contribution in [0.25, 0.3) is 11.4 Å². The zero-order chi connectivity index (χ0) is 21.0. The molecule has 3 rings (SSSR count). The number of amides is 1. The average Bonchev–Trinajstić information content (AvgIpc) is 3.13. The van der Waals surface area contributed by atoms with Gasteiger partial charge >= 0.3 is 0 Å². The molecular weight excluding hydrogens is 398 g/mol. The fourth-order valence-electron chi connectivity index (χ4n) is 2.65. The molecule has 0 aliphatic carbocycles. The molecular formula is C20H20F2N4O2S. The molecule has 1 amide bonds. The molecule has 1 heterocycles. The number of carbonyl (C=O) groups is 1. The fourth-order valence-corrected chi connectivity index (χ4v) is 3.57. The van der Waals surface area contributed by atoms with Gasteiger partial charge < -0.3 is 14.6 Å². The Balaban J connectivity index is 1.76. The zero-order valence-corrected chi connectivity index (χ0v) is 17.0. The number of hydrogen-bond donors (Lipinski definition) is 1. The highest BCUT2D eigenvalue weighted by molar-refractivity contribution is 8.00. The summed E-state index contributed by atoms with van der Waals surface area (Å²) in [7, 11) is 1.60. The van der Waals surface area contributed by atoms with Crippen LogP contribution in [0.1, 0.15) is 13.8 Å². The van der Waals surface area contributed by atoms with Gasteiger partial charge in [0.2, 0.25) is 5.91 Å². The molecule has 0 aliphatic rings. The molecule has 0 fully saturated rings. The number of thioether (sulfide) groups is 1. The lowest BCUT2D eigenvalue weighted by molar-refractivity contribution is -0.115. The van der Waals surface area contributed by atoms with E-state index in [-0.39, 0.29) is 5.69 Å². The third kappa shape index (κ3) is 4.73. The summed E-state index contributed by atoms with van der Waals surface area (Å²) in [4.78, 5) is 12.4. The Hall–Kier alpha value is -2.94. The van der Waals surface area contributed by atoms with Crippen LogP contribution in [-0.2, 0) is 11.3 Å². The molecule has 2 aromatic carbocycles. The number of methoxy groups -OCH3 is 1. The third-order valence-electron chi connectivity index (χ3n) is 4.22. The van der Waals surface area contributed by atoms with Crippen molar-refractivity contribution in [1.82, 2.24) is 14.8 Å². The van der Waals surface area contributed by atoms with Gasteiger partial charge in [-0.2, -0.15) is 0 Å². The van der Waals surface area contributed by atoms with E-state index in [1.165, 1.54) is 11.8 Å². The summed E-state index contributed by atoms with van der Waals surface area (Å²) in [5, 5.41) is 10.8. The minimum Gasteiger partial charge on any atom is -0.497 e. The summed E-state index contributed by atoms with van der Waals surface area (Å²) in [6.45, 7) is 4.22. The van der Waals surface area contributed by atoms with Crippen LogP contribution >= 0.6 is 11.8 Å². The van der Waals surface area contributed by atoms with Crippen LogP contribution in [-0.4, -0.2) is 33.0 Å². The number of nitrogens with zero attached hydrogens (tertiary/aromatic N) is 3. The first-order chi connectivity index (χ1) is 13.9. The van der Waals surface area contributed by atoms with Crippen molar-refractivity contribution in [3.63, 3.8) is 0 Å². The van der Waals surface area contributed by atoms with Gasteiger partial charge in [-0.15, -0.1) is 10.2 Å². The fraction of sp³-hybridized carbons (Fsp3) is 0.250. The van der Waals surface area contributed by atoms with Crippen molar-refractivity contribution in [1.29, 1.82) is 0 Å². The Morgan fingerprint density at radius 1 is 1.21 bits per heavy atom. The predicted molar refractivity (Wildman–Crippen MR) is 108 cm³/mol. The van der Waals surface area contributed by atoms with Crippen molar-refractivity contribution in [3.05, 3.63) is 54.1 Å². The maximum atomic E-state index is 13.8. The van der Waals surface area contributed by atoms with Crippen molar-refractivity contribution in [3.8, 4) is 17.1 Å². The summed E-state index contributed by atoms with van der Waals surface area (Å²) < 4.78 is 34.1. The van der Waals surface area contributed by atoms with Gasteiger partial charge in [-0.05, 0) is 50.2 Å². The molecule has 6 nitrogen and oxygen atoms in total. The van der Waals surface area contributed by atoms with E-state index in [1.54, 1.807) is 14.0 Å². The highest BCUT2D eigenvalue weighted by Gasteiger charge is 2.21. The molecule has 0 aliphatic heterocycles. The summed E-state index contributed by atoms with van der Waals surface area (Å²) in [6.07, 6.45) is 0. The van der Waals surface area contributed by atoms with Gasteiger partial charge in [-0.1, -0.05) is 11.8 Å². The lowest BCUT2D eigenvalue weighted by Crippen LogP contribution is -2.23. The van der Waals surface area contributed by atoms with Crippen LogP contribution < -0.4 is 10.1 Å². The minimum absolute atomic E-state index is 0.196. The van der Waals surface area contributed by atoms with Crippen LogP contribution in [0.2, 0.25) is 0 Å². The molecule has 0 saturated heterocycles. The van der Waals surface area contributed by atoms with E-state index in [0.717, 1.165) is 29.5 Å². The largest absolute Gasteiger partial charge is 0.497 e. The SMILES string of the molecule is CCn1c(S[C@H](C)C(=O)Nc2cc(F)ccc2F)nnc1-c1ccc(OC)cc1. The standard InChI is InChI=1S/C20H20F2N4O2S/c1-4-26-18(13-5-8-15(28-3)9-6-13)24-25-20(26)29-12(2)19(27)23-17-11-14(21)7-10-16(17)22/h5-12H,4H2,1-3H3,(H,23,27)/t12-/m1/s1. The van der Waals surface area contributed by atoms with E-state index in [4.69, 9.17) is 4.74 Å². The number of aromatic nitrogens is 3. The van der Waals surface area contributed by atoms with Gasteiger partial charge in [-0.3, -0.25) is 4.79 Å². The summed E-state index contributed by atoms with van der Waals surface area (Å²) in [6, 6.07) is 10.3. The number of carbonyl (C=O) groups excluding carboxylic acids is 1. The van der Waals surface area contributed by atoms with Gasteiger partial charge in [0.05, 0.1) is 18.0 Å². The molecule has 3 aromatic rings. The topological polar surface area (TPSA) is 69.0 Å². The number of hydrogen-bond acceptors (Lipinski definition) is 5. The molecule has 9 heteroatoms.